The first-order chi connectivity index (χ1) is 12.7. The number of hydrogen-bond acceptors (Lipinski definition) is 3. The Bertz CT molecular complexity index is 494. The molecule has 1 aliphatic carbocycles. The van der Waals surface area contributed by atoms with Gasteiger partial charge in [0.15, 0.2) is 0 Å². The molecule has 5 heteroatoms. The third kappa shape index (κ3) is 5.86. The van der Waals surface area contributed by atoms with Crippen LogP contribution in [-0.2, 0) is 9.53 Å². The lowest BCUT2D eigenvalue weighted by atomic mass is 9.62. The van der Waals surface area contributed by atoms with Crippen LogP contribution in [0.5, 0.6) is 0 Å². The Morgan fingerprint density at radius 3 is 2.07 bits per heavy atom. The summed E-state index contributed by atoms with van der Waals surface area (Å²) in [6, 6.07) is 0. The molecule has 1 saturated carbocycles. The lowest BCUT2D eigenvalue weighted by Gasteiger charge is -2.48. The van der Waals surface area contributed by atoms with E-state index < -0.39 is 5.60 Å². The first-order valence-electron chi connectivity index (χ1n) is 11.0. The molecule has 0 atom stereocenters. The van der Waals surface area contributed by atoms with E-state index >= 15 is 0 Å². The zero-order chi connectivity index (χ0) is 20.1. The molecule has 2 amide bonds. The van der Waals surface area contributed by atoms with Crippen molar-refractivity contribution in [1.82, 2.24) is 9.80 Å². The van der Waals surface area contributed by atoms with Crippen LogP contribution in [0.1, 0.15) is 86.0 Å². The summed E-state index contributed by atoms with van der Waals surface area (Å²) >= 11 is 0. The van der Waals surface area contributed by atoms with Gasteiger partial charge >= 0.3 is 6.09 Å². The number of hydrogen-bond donors (Lipinski definition) is 0. The topological polar surface area (TPSA) is 49.9 Å². The number of carbonyl (C=O) groups excluding carboxylic acids is 2. The Kier molecular flexibility index (Phi) is 7.58. The molecule has 0 spiro atoms. The van der Waals surface area contributed by atoms with Crippen molar-refractivity contribution in [2.24, 2.45) is 11.3 Å². The average Bonchev–Trinajstić information content (AvgIpc) is 2.62. The molecule has 0 bridgehead atoms. The molecule has 156 valence electrons. The number of rotatable bonds is 5. The van der Waals surface area contributed by atoms with E-state index in [0.29, 0.717) is 25.4 Å². The summed E-state index contributed by atoms with van der Waals surface area (Å²) in [5.74, 6) is 0.905. The van der Waals surface area contributed by atoms with E-state index in [9.17, 15) is 9.59 Å². The minimum absolute atomic E-state index is 0.0542. The molecule has 1 aliphatic heterocycles. The van der Waals surface area contributed by atoms with Gasteiger partial charge in [0, 0.05) is 32.6 Å². The Morgan fingerprint density at radius 1 is 1.04 bits per heavy atom. The Morgan fingerprint density at radius 2 is 1.59 bits per heavy atom. The molecule has 0 radical (unpaired) electrons. The first kappa shape index (κ1) is 22.0. The highest BCUT2D eigenvalue weighted by Crippen LogP contribution is 2.48. The predicted octanol–water partition coefficient (Wildman–Crippen LogP) is 4.84. The molecular formula is C22H40N2O3. The third-order valence-corrected chi connectivity index (χ3v) is 6.50. The zero-order valence-corrected chi connectivity index (χ0v) is 18.2. The SMILES string of the molecule is CCN(CC)C(=O)CC1(C2CCCCC2)CCN(C(=O)OC(C)(C)C)CC1. The van der Waals surface area contributed by atoms with E-state index in [2.05, 4.69) is 13.8 Å². The fourth-order valence-electron chi connectivity index (χ4n) is 4.89. The van der Waals surface area contributed by atoms with Gasteiger partial charge in [-0.25, -0.2) is 4.79 Å². The van der Waals surface area contributed by atoms with Gasteiger partial charge in [0.25, 0.3) is 0 Å². The van der Waals surface area contributed by atoms with Crippen LogP contribution in [0.4, 0.5) is 4.79 Å². The zero-order valence-electron chi connectivity index (χ0n) is 18.2. The van der Waals surface area contributed by atoms with Crippen molar-refractivity contribution in [3.63, 3.8) is 0 Å². The van der Waals surface area contributed by atoms with E-state index in [0.717, 1.165) is 25.9 Å². The number of nitrogens with zero attached hydrogens (tertiary/aromatic N) is 2. The van der Waals surface area contributed by atoms with Gasteiger partial charge in [0.2, 0.25) is 5.91 Å². The van der Waals surface area contributed by atoms with Crippen molar-refractivity contribution in [3.05, 3.63) is 0 Å². The highest BCUT2D eigenvalue weighted by molar-refractivity contribution is 5.77. The predicted molar refractivity (Wildman–Crippen MR) is 109 cm³/mol. The van der Waals surface area contributed by atoms with E-state index in [-0.39, 0.29) is 17.4 Å². The van der Waals surface area contributed by atoms with Gasteiger partial charge < -0.3 is 14.5 Å². The van der Waals surface area contributed by atoms with Crippen LogP contribution >= 0.6 is 0 Å². The molecule has 1 heterocycles. The van der Waals surface area contributed by atoms with E-state index in [1.165, 1.54) is 32.1 Å². The second-order valence-electron chi connectivity index (χ2n) is 9.41. The molecule has 0 unspecified atom stereocenters. The average molecular weight is 381 g/mol. The summed E-state index contributed by atoms with van der Waals surface area (Å²) < 4.78 is 5.56. The number of carbonyl (C=O) groups is 2. The van der Waals surface area contributed by atoms with Gasteiger partial charge in [-0.3, -0.25) is 4.79 Å². The minimum atomic E-state index is -0.465. The molecule has 5 nitrogen and oxygen atoms in total. The van der Waals surface area contributed by atoms with Crippen molar-refractivity contribution >= 4 is 12.0 Å². The third-order valence-electron chi connectivity index (χ3n) is 6.50. The van der Waals surface area contributed by atoms with Gasteiger partial charge in [-0.2, -0.15) is 0 Å². The van der Waals surface area contributed by atoms with E-state index in [1.807, 2.05) is 30.6 Å². The standard InChI is InChI=1S/C22H40N2O3/c1-6-23(7-2)19(25)17-22(18-11-9-8-10-12-18)13-15-24(16-14-22)20(26)27-21(3,4)5/h18H,6-17H2,1-5H3. The van der Waals surface area contributed by atoms with Crippen molar-refractivity contribution in [2.75, 3.05) is 26.2 Å². The molecule has 2 fully saturated rings. The van der Waals surface area contributed by atoms with Gasteiger partial charge in [0.1, 0.15) is 5.60 Å². The second-order valence-corrected chi connectivity index (χ2v) is 9.41. The van der Waals surface area contributed by atoms with Gasteiger partial charge in [0.05, 0.1) is 0 Å². The van der Waals surface area contributed by atoms with Crippen LogP contribution in [0.2, 0.25) is 0 Å². The fourth-order valence-corrected chi connectivity index (χ4v) is 4.89. The summed E-state index contributed by atoms with van der Waals surface area (Å²) in [6.45, 7) is 12.8. The maximum Gasteiger partial charge on any atom is 0.410 e. The van der Waals surface area contributed by atoms with Crippen LogP contribution < -0.4 is 0 Å². The molecule has 0 N–H and O–H groups in total. The van der Waals surface area contributed by atoms with Crippen LogP contribution in [0.25, 0.3) is 0 Å². The van der Waals surface area contributed by atoms with Crippen molar-refractivity contribution < 1.29 is 14.3 Å². The fraction of sp³-hybridized carbons (Fsp3) is 0.909. The summed E-state index contributed by atoms with van der Waals surface area (Å²) in [7, 11) is 0. The lowest BCUT2D eigenvalue weighted by Crippen LogP contribution is -2.49. The molecule has 1 saturated heterocycles. The van der Waals surface area contributed by atoms with Gasteiger partial charge in [-0.1, -0.05) is 19.3 Å². The Labute approximate surface area is 165 Å². The van der Waals surface area contributed by atoms with Crippen LogP contribution in [0.3, 0.4) is 0 Å². The minimum Gasteiger partial charge on any atom is -0.444 e. The summed E-state index contributed by atoms with van der Waals surface area (Å²) in [6.07, 6.45) is 8.62. The number of likely N-dealkylation sites (tertiary alicyclic amines) is 1. The maximum atomic E-state index is 12.9. The number of amides is 2. The molecule has 27 heavy (non-hydrogen) atoms. The summed E-state index contributed by atoms with van der Waals surface area (Å²) in [5, 5.41) is 0. The lowest BCUT2D eigenvalue weighted by molar-refractivity contribution is -0.136. The molecular weight excluding hydrogens is 340 g/mol. The normalized spacial score (nSPS) is 21.0. The summed E-state index contributed by atoms with van der Waals surface area (Å²) in [4.78, 5) is 29.2. The molecule has 2 rings (SSSR count). The van der Waals surface area contributed by atoms with E-state index in [1.54, 1.807) is 0 Å². The van der Waals surface area contributed by atoms with Gasteiger partial charge in [-0.15, -0.1) is 0 Å². The van der Waals surface area contributed by atoms with Crippen molar-refractivity contribution in [2.45, 2.75) is 91.6 Å². The first-order valence-corrected chi connectivity index (χ1v) is 11.0. The Hall–Kier alpha value is -1.26. The van der Waals surface area contributed by atoms with Crippen LogP contribution in [-0.4, -0.2) is 53.6 Å². The van der Waals surface area contributed by atoms with Gasteiger partial charge in [-0.05, 0) is 71.6 Å². The monoisotopic (exact) mass is 380 g/mol. The van der Waals surface area contributed by atoms with Crippen LogP contribution in [0, 0.1) is 11.3 Å². The quantitative estimate of drug-likeness (QED) is 0.685. The summed E-state index contributed by atoms with van der Waals surface area (Å²) in [5.41, 5.74) is -0.410. The largest absolute Gasteiger partial charge is 0.444 e. The van der Waals surface area contributed by atoms with E-state index in [4.69, 9.17) is 4.74 Å². The smallest absolute Gasteiger partial charge is 0.410 e. The second kappa shape index (κ2) is 9.29. The number of piperidine rings is 1. The highest BCUT2D eigenvalue weighted by Gasteiger charge is 2.44. The molecule has 2 aliphatic rings. The van der Waals surface area contributed by atoms with Crippen LogP contribution in [0.15, 0.2) is 0 Å². The number of ether oxygens (including phenoxy) is 1. The molecule has 0 aromatic heterocycles. The van der Waals surface area contributed by atoms with Crippen molar-refractivity contribution in [1.29, 1.82) is 0 Å². The molecule has 0 aromatic rings. The van der Waals surface area contributed by atoms with Crippen molar-refractivity contribution in [3.8, 4) is 0 Å². The highest BCUT2D eigenvalue weighted by atomic mass is 16.6. The maximum absolute atomic E-state index is 12.9. The molecule has 0 aromatic carbocycles. The Balaban J connectivity index is 2.09.